The quantitative estimate of drug-likeness (QED) is 0.860. The van der Waals surface area contributed by atoms with Crippen LogP contribution in [0.4, 0.5) is 10.5 Å². The van der Waals surface area contributed by atoms with Crippen LogP contribution in [0.5, 0.6) is 5.75 Å². The van der Waals surface area contributed by atoms with E-state index in [4.69, 9.17) is 16.3 Å². The van der Waals surface area contributed by atoms with E-state index >= 15 is 0 Å². The summed E-state index contributed by atoms with van der Waals surface area (Å²) in [7, 11) is 0. The van der Waals surface area contributed by atoms with E-state index in [1.807, 2.05) is 44.2 Å². The molecule has 0 saturated carbocycles. The van der Waals surface area contributed by atoms with Gasteiger partial charge in [0.2, 0.25) is 0 Å². The van der Waals surface area contributed by atoms with Crippen LogP contribution in [0.25, 0.3) is 0 Å². The molecule has 5 heteroatoms. The molecule has 116 valence electrons. The first-order valence-corrected chi connectivity index (χ1v) is 7.49. The summed E-state index contributed by atoms with van der Waals surface area (Å²) in [4.78, 5) is 11.9. The smallest absolute Gasteiger partial charge is 0.319 e. The third-order valence-electron chi connectivity index (χ3n) is 3.20. The monoisotopic (exact) mass is 318 g/mol. The molecule has 22 heavy (non-hydrogen) atoms. The average molecular weight is 319 g/mol. The van der Waals surface area contributed by atoms with Gasteiger partial charge < -0.3 is 15.4 Å². The molecule has 0 saturated heterocycles. The second-order valence-corrected chi connectivity index (χ2v) is 5.20. The Labute approximate surface area is 135 Å². The Bertz CT molecular complexity index is 642. The number of anilines is 1. The molecule has 2 aromatic carbocycles. The van der Waals surface area contributed by atoms with Gasteiger partial charge in [-0.05, 0) is 49.2 Å². The van der Waals surface area contributed by atoms with Crippen LogP contribution < -0.4 is 15.4 Å². The predicted molar refractivity (Wildman–Crippen MR) is 89.7 cm³/mol. The molecule has 0 aliphatic rings. The van der Waals surface area contributed by atoms with Crippen molar-refractivity contribution in [2.75, 3.05) is 11.9 Å². The van der Waals surface area contributed by atoms with Crippen LogP contribution in [-0.2, 0) is 6.54 Å². The zero-order valence-corrected chi connectivity index (χ0v) is 13.4. The standard InChI is InChI=1S/C17H19ClN2O2/c1-3-22-14-9-7-13(8-10-14)11-19-17(21)20-16-6-4-5-15(18)12(16)2/h4-10H,3,11H2,1-2H3,(H2,19,20,21). The lowest BCUT2D eigenvalue weighted by Gasteiger charge is -2.11. The molecule has 2 rings (SSSR count). The lowest BCUT2D eigenvalue weighted by atomic mass is 10.2. The van der Waals surface area contributed by atoms with Crippen LogP contribution in [0.3, 0.4) is 0 Å². The SMILES string of the molecule is CCOc1ccc(CNC(=O)Nc2cccc(Cl)c2C)cc1. The summed E-state index contributed by atoms with van der Waals surface area (Å²) in [6.07, 6.45) is 0. The highest BCUT2D eigenvalue weighted by molar-refractivity contribution is 6.31. The molecule has 0 unspecified atom stereocenters. The molecule has 0 bridgehead atoms. The summed E-state index contributed by atoms with van der Waals surface area (Å²) in [5.74, 6) is 0.824. The number of nitrogens with one attached hydrogen (secondary N) is 2. The van der Waals surface area contributed by atoms with Gasteiger partial charge >= 0.3 is 6.03 Å². The third-order valence-corrected chi connectivity index (χ3v) is 3.61. The van der Waals surface area contributed by atoms with E-state index in [0.717, 1.165) is 16.9 Å². The molecule has 4 nitrogen and oxygen atoms in total. The van der Waals surface area contributed by atoms with Gasteiger partial charge in [-0.1, -0.05) is 29.8 Å². The molecular weight excluding hydrogens is 300 g/mol. The zero-order chi connectivity index (χ0) is 15.9. The second kappa shape index (κ2) is 7.71. The Kier molecular flexibility index (Phi) is 5.67. The molecule has 0 heterocycles. The third kappa shape index (κ3) is 4.40. The normalized spacial score (nSPS) is 10.1. The topological polar surface area (TPSA) is 50.4 Å². The maximum atomic E-state index is 11.9. The van der Waals surface area contributed by atoms with Gasteiger partial charge in [-0.2, -0.15) is 0 Å². The summed E-state index contributed by atoms with van der Waals surface area (Å²) in [6.45, 7) is 4.89. The largest absolute Gasteiger partial charge is 0.494 e. The minimum atomic E-state index is -0.265. The molecule has 2 N–H and O–H groups in total. The summed E-state index contributed by atoms with van der Waals surface area (Å²) in [5.41, 5.74) is 2.55. The van der Waals surface area contributed by atoms with Crippen molar-refractivity contribution >= 4 is 23.3 Å². The van der Waals surface area contributed by atoms with E-state index in [0.29, 0.717) is 23.9 Å². The van der Waals surface area contributed by atoms with E-state index in [1.165, 1.54) is 0 Å². The average Bonchev–Trinajstić information content (AvgIpc) is 2.51. The molecule has 0 aliphatic heterocycles. The summed E-state index contributed by atoms with van der Waals surface area (Å²) in [5, 5.41) is 6.23. The van der Waals surface area contributed by atoms with Crippen LogP contribution in [0.2, 0.25) is 5.02 Å². The summed E-state index contributed by atoms with van der Waals surface area (Å²) < 4.78 is 5.38. The van der Waals surface area contributed by atoms with Gasteiger partial charge in [0, 0.05) is 17.3 Å². The number of carbonyl (C=O) groups is 1. The predicted octanol–water partition coefficient (Wildman–Crippen LogP) is 4.37. The highest BCUT2D eigenvalue weighted by Gasteiger charge is 2.06. The first-order valence-electron chi connectivity index (χ1n) is 7.12. The Morgan fingerprint density at radius 3 is 2.59 bits per heavy atom. The van der Waals surface area contributed by atoms with Gasteiger partial charge in [-0.3, -0.25) is 0 Å². The number of amides is 2. The van der Waals surface area contributed by atoms with Gasteiger partial charge in [0.15, 0.2) is 0 Å². The number of halogens is 1. The zero-order valence-electron chi connectivity index (χ0n) is 12.7. The Hall–Kier alpha value is -2.20. The van der Waals surface area contributed by atoms with Gasteiger partial charge in [0.1, 0.15) is 5.75 Å². The van der Waals surface area contributed by atoms with Crippen LogP contribution in [0.1, 0.15) is 18.1 Å². The van der Waals surface area contributed by atoms with Crippen LogP contribution in [0, 0.1) is 6.92 Å². The molecule has 0 aliphatic carbocycles. The number of benzene rings is 2. The molecule has 2 amide bonds. The fourth-order valence-electron chi connectivity index (χ4n) is 1.96. The van der Waals surface area contributed by atoms with E-state index in [2.05, 4.69) is 10.6 Å². The highest BCUT2D eigenvalue weighted by atomic mass is 35.5. The lowest BCUT2D eigenvalue weighted by Crippen LogP contribution is -2.28. The van der Waals surface area contributed by atoms with Gasteiger partial charge in [-0.15, -0.1) is 0 Å². The van der Waals surface area contributed by atoms with E-state index in [9.17, 15) is 4.79 Å². The molecule has 0 spiro atoms. The van der Waals surface area contributed by atoms with Crippen LogP contribution in [0.15, 0.2) is 42.5 Å². The Morgan fingerprint density at radius 1 is 1.18 bits per heavy atom. The Balaban J connectivity index is 1.88. The maximum absolute atomic E-state index is 11.9. The first-order chi connectivity index (χ1) is 10.6. The molecule has 2 aromatic rings. The van der Waals surface area contributed by atoms with Gasteiger partial charge in [-0.25, -0.2) is 4.79 Å². The van der Waals surface area contributed by atoms with Crippen molar-refractivity contribution < 1.29 is 9.53 Å². The number of hydrogen-bond donors (Lipinski definition) is 2. The summed E-state index contributed by atoms with van der Waals surface area (Å²) in [6, 6.07) is 12.8. The molecule has 0 radical (unpaired) electrons. The number of ether oxygens (including phenoxy) is 1. The van der Waals surface area contributed by atoms with Gasteiger partial charge in [0.25, 0.3) is 0 Å². The van der Waals surface area contributed by atoms with Crippen LogP contribution >= 0.6 is 11.6 Å². The van der Waals surface area contributed by atoms with Crippen molar-refractivity contribution in [1.29, 1.82) is 0 Å². The van der Waals surface area contributed by atoms with E-state index in [1.54, 1.807) is 12.1 Å². The first kappa shape index (κ1) is 16.2. The maximum Gasteiger partial charge on any atom is 0.319 e. The van der Waals surface area contributed by atoms with E-state index in [-0.39, 0.29) is 6.03 Å². The fourth-order valence-corrected chi connectivity index (χ4v) is 2.14. The van der Waals surface area contributed by atoms with E-state index < -0.39 is 0 Å². The van der Waals surface area contributed by atoms with Crippen molar-refractivity contribution in [2.45, 2.75) is 20.4 Å². The number of rotatable bonds is 5. The van der Waals surface area contributed by atoms with Crippen molar-refractivity contribution in [3.05, 3.63) is 58.6 Å². The fraction of sp³-hybridized carbons (Fsp3) is 0.235. The van der Waals surface area contributed by atoms with Crippen molar-refractivity contribution in [3.8, 4) is 5.75 Å². The molecule has 0 atom stereocenters. The number of carbonyl (C=O) groups excluding carboxylic acids is 1. The minimum Gasteiger partial charge on any atom is -0.494 e. The van der Waals surface area contributed by atoms with Crippen molar-refractivity contribution in [2.24, 2.45) is 0 Å². The number of urea groups is 1. The number of hydrogen-bond acceptors (Lipinski definition) is 2. The molecular formula is C17H19ClN2O2. The summed E-state index contributed by atoms with van der Waals surface area (Å²) >= 11 is 6.03. The lowest BCUT2D eigenvalue weighted by molar-refractivity contribution is 0.251. The molecule has 0 aromatic heterocycles. The van der Waals surface area contributed by atoms with Crippen molar-refractivity contribution in [3.63, 3.8) is 0 Å². The van der Waals surface area contributed by atoms with Gasteiger partial charge in [0.05, 0.1) is 6.61 Å². The Morgan fingerprint density at radius 2 is 1.91 bits per heavy atom. The van der Waals surface area contributed by atoms with Crippen LogP contribution in [-0.4, -0.2) is 12.6 Å². The highest BCUT2D eigenvalue weighted by Crippen LogP contribution is 2.22. The molecule has 0 fully saturated rings. The second-order valence-electron chi connectivity index (χ2n) is 4.80. The van der Waals surface area contributed by atoms with Crippen molar-refractivity contribution in [1.82, 2.24) is 5.32 Å². The minimum absolute atomic E-state index is 0.265.